The SMILES string of the molecule is N#Cc1c(N)nc(SCC(=O)Nc2c[n+](N3CCCCC3)no2)c(C#N)c1-c1ccccc1. The maximum atomic E-state index is 12.5. The van der Waals surface area contributed by atoms with Crippen LogP contribution in [0.25, 0.3) is 11.1 Å². The zero-order chi connectivity index (χ0) is 23.2. The quantitative estimate of drug-likeness (QED) is 0.416. The van der Waals surface area contributed by atoms with Gasteiger partial charge in [-0.25, -0.2) is 4.98 Å². The smallest absolute Gasteiger partial charge is 0.305 e. The van der Waals surface area contributed by atoms with Crippen molar-refractivity contribution in [1.82, 2.24) is 10.3 Å². The third-order valence-electron chi connectivity index (χ3n) is 5.16. The number of nitrogens with zero attached hydrogens (tertiary/aromatic N) is 6. The van der Waals surface area contributed by atoms with Crippen molar-refractivity contribution in [3.05, 3.63) is 47.7 Å². The van der Waals surface area contributed by atoms with E-state index in [9.17, 15) is 15.3 Å². The first-order valence-corrected chi connectivity index (χ1v) is 11.3. The van der Waals surface area contributed by atoms with Gasteiger partial charge in [0.1, 0.15) is 28.5 Å². The Bertz CT molecular complexity index is 1240. The highest BCUT2D eigenvalue weighted by atomic mass is 32.2. The highest BCUT2D eigenvalue weighted by Gasteiger charge is 2.24. The van der Waals surface area contributed by atoms with Gasteiger partial charge in [0.25, 0.3) is 6.20 Å². The summed E-state index contributed by atoms with van der Waals surface area (Å²) >= 11 is 1.06. The number of anilines is 2. The molecule has 166 valence electrons. The van der Waals surface area contributed by atoms with Gasteiger partial charge in [-0.15, -0.1) is 0 Å². The second kappa shape index (κ2) is 10.0. The molecule has 1 aromatic carbocycles. The number of nitrogen functional groups attached to an aromatic ring is 1. The van der Waals surface area contributed by atoms with Crippen molar-refractivity contribution in [1.29, 1.82) is 10.5 Å². The van der Waals surface area contributed by atoms with Crippen LogP contribution in [0.4, 0.5) is 11.7 Å². The maximum absolute atomic E-state index is 12.5. The summed E-state index contributed by atoms with van der Waals surface area (Å²) in [6, 6.07) is 13.2. The Hall–Kier alpha value is -4.09. The van der Waals surface area contributed by atoms with Gasteiger partial charge in [0.2, 0.25) is 11.2 Å². The number of nitrogens with two attached hydrogens (primary N) is 1. The Labute approximate surface area is 194 Å². The van der Waals surface area contributed by atoms with Gasteiger partial charge >= 0.3 is 5.88 Å². The lowest BCUT2D eigenvalue weighted by atomic mass is 9.97. The fraction of sp³-hybridized carbons (Fsp3) is 0.273. The van der Waals surface area contributed by atoms with Gasteiger partial charge in [-0.05, 0) is 24.8 Å². The highest BCUT2D eigenvalue weighted by molar-refractivity contribution is 8.00. The van der Waals surface area contributed by atoms with E-state index in [4.69, 9.17) is 10.3 Å². The number of pyridine rings is 1. The van der Waals surface area contributed by atoms with Crippen LogP contribution in [0.5, 0.6) is 0 Å². The lowest BCUT2D eigenvalue weighted by molar-refractivity contribution is -0.759. The molecular formula is C22H21N8O2S+. The molecule has 0 radical (unpaired) electrons. The number of rotatable bonds is 6. The molecule has 3 aromatic rings. The molecule has 0 aliphatic carbocycles. The van der Waals surface area contributed by atoms with E-state index >= 15 is 0 Å². The molecule has 1 amide bonds. The van der Waals surface area contributed by atoms with Crippen LogP contribution in [0.1, 0.15) is 30.4 Å². The number of hydrogen-bond donors (Lipinski definition) is 2. The van der Waals surface area contributed by atoms with Crippen LogP contribution in [-0.2, 0) is 4.79 Å². The minimum atomic E-state index is -0.350. The van der Waals surface area contributed by atoms with E-state index in [0.717, 1.165) is 37.7 Å². The fourth-order valence-electron chi connectivity index (χ4n) is 3.61. The van der Waals surface area contributed by atoms with Crippen LogP contribution in [0.3, 0.4) is 0 Å². The Morgan fingerprint density at radius 3 is 2.61 bits per heavy atom. The van der Waals surface area contributed by atoms with Crippen LogP contribution in [0.2, 0.25) is 0 Å². The molecule has 1 fully saturated rings. The summed E-state index contributed by atoms with van der Waals surface area (Å²) in [5.41, 5.74) is 7.43. The van der Waals surface area contributed by atoms with Crippen LogP contribution >= 0.6 is 11.8 Å². The minimum Gasteiger partial charge on any atom is -0.383 e. The number of carbonyl (C=O) groups is 1. The van der Waals surface area contributed by atoms with Gasteiger partial charge < -0.3 is 5.73 Å². The van der Waals surface area contributed by atoms with Crippen molar-refractivity contribution in [2.24, 2.45) is 0 Å². The molecule has 11 heteroatoms. The van der Waals surface area contributed by atoms with Crippen LogP contribution < -0.4 is 20.9 Å². The van der Waals surface area contributed by atoms with E-state index < -0.39 is 0 Å². The minimum absolute atomic E-state index is 0.0102. The number of benzene rings is 1. The number of carbonyl (C=O) groups excluding carboxylic acids is 1. The van der Waals surface area contributed by atoms with E-state index in [1.807, 2.05) is 29.3 Å². The maximum Gasteiger partial charge on any atom is 0.305 e. The molecule has 0 saturated carbocycles. The predicted molar refractivity (Wildman–Crippen MR) is 121 cm³/mol. The monoisotopic (exact) mass is 461 g/mol. The van der Waals surface area contributed by atoms with E-state index in [-0.39, 0.29) is 39.5 Å². The van der Waals surface area contributed by atoms with Crippen molar-refractivity contribution in [2.45, 2.75) is 24.3 Å². The van der Waals surface area contributed by atoms with Gasteiger partial charge in [0.05, 0.1) is 29.2 Å². The molecule has 0 spiro atoms. The molecule has 1 aliphatic heterocycles. The van der Waals surface area contributed by atoms with Crippen LogP contribution in [0, 0.1) is 22.7 Å². The molecule has 33 heavy (non-hydrogen) atoms. The first kappa shape index (κ1) is 22.1. The standard InChI is InChI=1S/C22H20N8O2S/c23-11-16-20(15-7-3-1-4-8-15)17(12-24)22(27-21(16)25)33-14-18(31)26-19-13-30(28-32-19)29-9-5-2-6-10-29/h1,3-4,7-8,13H,2,5-6,9-10,14H2,(H2-,25,26,27,28,31)/p+1. The molecule has 1 saturated heterocycles. The molecular weight excluding hydrogens is 440 g/mol. The molecule has 0 unspecified atom stereocenters. The van der Waals surface area contributed by atoms with Gasteiger partial charge in [0.15, 0.2) is 0 Å². The zero-order valence-electron chi connectivity index (χ0n) is 17.7. The van der Waals surface area contributed by atoms with Gasteiger partial charge in [-0.2, -0.15) is 15.5 Å². The summed E-state index contributed by atoms with van der Waals surface area (Å²) in [6.07, 6.45) is 5.00. The summed E-state index contributed by atoms with van der Waals surface area (Å²) in [5.74, 6) is -0.150. The Morgan fingerprint density at radius 1 is 1.18 bits per heavy atom. The molecule has 4 rings (SSSR count). The van der Waals surface area contributed by atoms with Crippen molar-refractivity contribution < 1.29 is 14.1 Å². The lowest BCUT2D eigenvalue weighted by Crippen LogP contribution is -2.60. The zero-order valence-corrected chi connectivity index (χ0v) is 18.5. The van der Waals surface area contributed by atoms with Crippen molar-refractivity contribution >= 4 is 29.4 Å². The van der Waals surface area contributed by atoms with Crippen molar-refractivity contribution in [2.75, 3.05) is 34.9 Å². The molecule has 3 heterocycles. The van der Waals surface area contributed by atoms with Crippen LogP contribution in [0.15, 0.2) is 46.1 Å². The van der Waals surface area contributed by atoms with E-state index in [0.29, 0.717) is 11.1 Å². The second-order valence-corrected chi connectivity index (χ2v) is 8.32. The Morgan fingerprint density at radius 2 is 1.91 bits per heavy atom. The fourth-order valence-corrected chi connectivity index (χ4v) is 4.41. The third kappa shape index (κ3) is 4.89. The predicted octanol–water partition coefficient (Wildman–Crippen LogP) is 2.20. The Kier molecular flexibility index (Phi) is 6.72. The summed E-state index contributed by atoms with van der Waals surface area (Å²) in [6.45, 7) is 1.76. The molecule has 2 aromatic heterocycles. The van der Waals surface area contributed by atoms with Crippen molar-refractivity contribution in [3.8, 4) is 23.3 Å². The van der Waals surface area contributed by atoms with Crippen molar-refractivity contribution in [3.63, 3.8) is 0 Å². The first-order valence-electron chi connectivity index (χ1n) is 10.4. The summed E-state index contributed by atoms with van der Waals surface area (Å²) < 4.78 is 5.22. The van der Waals surface area contributed by atoms with Gasteiger partial charge in [0, 0.05) is 5.56 Å². The number of piperidine rings is 1. The number of amides is 1. The molecule has 0 atom stereocenters. The summed E-state index contributed by atoms with van der Waals surface area (Å²) in [4.78, 5) is 18.3. The number of nitriles is 2. The number of aromatic nitrogens is 3. The van der Waals surface area contributed by atoms with E-state index in [2.05, 4.69) is 21.6 Å². The summed E-state index contributed by atoms with van der Waals surface area (Å²) in [7, 11) is 0. The second-order valence-electron chi connectivity index (χ2n) is 7.35. The lowest BCUT2D eigenvalue weighted by Gasteiger charge is -2.17. The topological polar surface area (TPSA) is 149 Å². The highest BCUT2D eigenvalue weighted by Crippen LogP contribution is 2.35. The summed E-state index contributed by atoms with van der Waals surface area (Å²) in [5, 5.41) is 28.3. The van der Waals surface area contributed by atoms with E-state index in [1.165, 1.54) is 6.42 Å². The Balaban J connectivity index is 1.50. The van der Waals surface area contributed by atoms with Crippen LogP contribution in [-0.4, -0.2) is 35.0 Å². The molecule has 10 nitrogen and oxygen atoms in total. The average Bonchev–Trinajstić information content (AvgIpc) is 3.31. The molecule has 3 N–H and O–H groups in total. The number of thioether (sulfide) groups is 1. The van der Waals surface area contributed by atoms with Gasteiger partial charge in [-0.1, -0.05) is 42.1 Å². The first-order chi connectivity index (χ1) is 16.1. The molecule has 1 aliphatic rings. The largest absolute Gasteiger partial charge is 0.383 e. The number of hydrogen-bond acceptors (Lipinski definition) is 9. The average molecular weight is 462 g/mol. The van der Waals surface area contributed by atoms with E-state index in [1.54, 1.807) is 23.1 Å². The van der Waals surface area contributed by atoms with Gasteiger partial charge in [-0.3, -0.25) is 14.6 Å². The third-order valence-corrected chi connectivity index (χ3v) is 6.13. The molecule has 0 bridgehead atoms. The number of nitrogens with one attached hydrogen (secondary N) is 1. The normalized spacial score (nSPS) is 13.2.